The number of rotatable bonds is 5. The van der Waals surface area contributed by atoms with Gasteiger partial charge in [0.1, 0.15) is 11.1 Å². The average molecular weight is 446 g/mol. The molecule has 0 bridgehead atoms. The molecule has 0 unspecified atom stereocenters. The first kappa shape index (κ1) is 21.6. The van der Waals surface area contributed by atoms with Crippen molar-refractivity contribution < 1.29 is 14.5 Å². The van der Waals surface area contributed by atoms with Crippen molar-refractivity contribution in [2.24, 2.45) is 7.05 Å². The Morgan fingerprint density at radius 1 is 1.39 bits per heavy atom. The minimum atomic E-state index is -1.15. The van der Waals surface area contributed by atoms with Gasteiger partial charge in [-0.15, -0.1) is 4.72 Å². The second-order valence-electron chi connectivity index (χ2n) is 8.86. The number of hydrogen-bond donors (Lipinski definition) is 2. The van der Waals surface area contributed by atoms with E-state index >= 15 is 0 Å². The molecule has 31 heavy (non-hydrogen) atoms. The summed E-state index contributed by atoms with van der Waals surface area (Å²) in [4.78, 5) is 17.5. The lowest BCUT2D eigenvalue weighted by molar-refractivity contribution is 0.204. The van der Waals surface area contributed by atoms with Gasteiger partial charge in [0.25, 0.3) is 0 Å². The molecule has 10 nitrogen and oxygen atoms in total. The fourth-order valence-electron chi connectivity index (χ4n) is 3.88. The van der Waals surface area contributed by atoms with Crippen LogP contribution in [-0.2, 0) is 18.4 Å². The molecule has 1 aliphatic rings. The SMILES string of the molecule is Cn1ccc(N(C(=O)O)c2cc([C@H]3CC[C@@H](N[S@+]([O-])C(C)(C)C)C3)cn3ncnc23)n1. The Hall–Kier alpha value is -2.63. The third-order valence-electron chi connectivity index (χ3n) is 5.47. The van der Waals surface area contributed by atoms with Gasteiger partial charge >= 0.3 is 6.09 Å². The number of carboxylic acid groups (broad SMARTS) is 1. The number of amides is 1. The van der Waals surface area contributed by atoms with Gasteiger partial charge in [0.2, 0.25) is 0 Å². The molecule has 0 radical (unpaired) electrons. The summed E-state index contributed by atoms with van der Waals surface area (Å²) in [5.74, 6) is 0.491. The number of anilines is 2. The summed E-state index contributed by atoms with van der Waals surface area (Å²) in [7, 11) is 1.74. The lowest BCUT2D eigenvalue weighted by atomic mass is 9.98. The molecule has 3 aromatic heterocycles. The highest BCUT2D eigenvalue weighted by molar-refractivity contribution is 7.90. The lowest BCUT2D eigenvalue weighted by Crippen LogP contribution is -2.43. The summed E-state index contributed by atoms with van der Waals surface area (Å²) >= 11 is -1.13. The maximum Gasteiger partial charge on any atom is 0.417 e. The van der Waals surface area contributed by atoms with Crippen LogP contribution >= 0.6 is 0 Å². The normalized spacial score (nSPS) is 20.3. The van der Waals surface area contributed by atoms with E-state index in [4.69, 9.17) is 0 Å². The molecular formula is C20H27N7O3S. The topological polar surface area (TPSA) is 124 Å². The zero-order chi connectivity index (χ0) is 22.3. The van der Waals surface area contributed by atoms with E-state index in [0.717, 1.165) is 29.7 Å². The third kappa shape index (κ3) is 4.39. The minimum Gasteiger partial charge on any atom is -0.598 e. The van der Waals surface area contributed by atoms with Crippen LogP contribution in [0.25, 0.3) is 5.65 Å². The zero-order valence-electron chi connectivity index (χ0n) is 18.0. The van der Waals surface area contributed by atoms with Crippen molar-refractivity contribution in [2.75, 3.05) is 4.90 Å². The fourth-order valence-corrected chi connectivity index (χ4v) is 4.75. The van der Waals surface area contributed by atoms with Crippen LogP contribution in [0.4, 0.5) is 16.3 Å². The number of aromatic nitrogens is 5. The standard InChI is InChI=1S/C20H27N7O3S/c1-20(2,3)31(30)24-15-6-5-13(9-15)14-10-16(18-21-12-22-26(18)11-14)27(19(28)29)17-7-8-25(4)23-17/h7-8,10-13,15,24H,5-6,9H2,1-4H3,(H,28,29)/t13-,15+,31+/m0/s1. The smallest absolute Gasteiger partial charge is 0.417 e. The van der Waals surface area contributed by atoms with Crippen molar-refractivity contribution in [3.05, 3.63) is 36.4 Å². The quantitative estimate of drug-likeness (QED) is 0.579. The van der Waals surface area contributed by atoms with Crippen LogP contribution in [0.15, 0.2) is 30.9 Å². The molecule has 2 N–H and O–H groups in total. The molecule has 1 amide bonds. The Kier molecular flexibility index (Phi) is 5.67. The Bertz CT molecular complexity index is 1090. The highest BCUT2D eigenvalue weighted by atomic mass is 32.2. The van der Waals surface area contributed by atoms with Gasteiger partial charge in [0, 0.05) is 36.9 Å². The summed E-state index contributed by atoms with van der Waals surface area (Å²) < 4.78 is 18.6. The summed E-state index contributed by atoms with van der Waals surface area (Å²) in [5.41, 5.74) is 1.83. The van der Waals surface area contributed by atoms with E-state index in [1.54, 1.807) is 28.5 Å². The Morgan fingerprint density at radius 2 is 2.16 bits per heavy atom. The van der Waals surface area contributed by atoms with Gasteiger partial charge in [0.15, 0.2) is 11.5 Å². The number of pyridine rings is 1. The monoisotopic (exact) mass is 445 g/mol. The molecule has 0 aromatic carbocycles. The van der Waals surface area contributed by atoms with E-state index in [1.165, 1.54) is 6.33 Å². The molecule has 3 aromatic rings. The van der Waals surface area contributed by atoms with Crippen LogP contribution in [0.5, 0.6) is 0 Å². The van der Waals surface area contributed by atoms with E-state index in [2.05, 4.69) is 19.9 Å². The molecule has 11 heteroatoms. The van der Waals surface area contributed by atoms with Crippen molar-refractivity contribution in [3.63, 3.8) is 0 Å². The first-order chi connectivity index (χ1) is 14.6. The highest BCUT2D eigenvalue weighted by Crippen LogP contribution is 2.38. The summed E-state index contributed by atoms with van der Waals surface area (Å²) in [6, 6.07) is 3.65. The molecule has 1 fully saturated rings. The van der Waals surface area contributed by atoms with Crippen LogP contribution in [0.3, 0.4) is 0 Å². The van der Waals surface area contributed by atoms with E-state index in [0.29, 0.717) is 17.2 Å². The van der Waals surface area contributed by atoms with Crippen molar-refractivity contribution in [1.82, 2.24) is 29.1 Å². The highest BCUT2D eigenvalue weighted by Gasteiger charge is 2.34. The first-order valence-corrected chi connectivity index (χ1v) is 11.3. The van der Waals surface area contributed by atoms with Gasteiger partial charge < -0.3 is 9.66 Å². The molecule has 3 atom stereocenters. The summed E-state index contributed by atoms with van der Waals surface area (Å²) in [5, 5.41) is 18.4. The molecule has 0 saturated heterocycles. The van der Waals surface area contributed by atoms with Crippen LogP contribution < -0.4 is 9.62 Å². The average Bonchev–Trinajstić information content (AvgIpc) is 3.41. The fraction of sp³-hybridized carbons (Fsp3) is 0.500. The van der Waals surface area contributed by atoms with E-state index in [1.807, 2.05) is 33.0 Å². The lowest BCUT2D eigenvalue weighted by Gasteiger charge is -2.26. The van der Waals surface area contributed by atoms with E-state index in [9.17, 15) is 14.5 Å². The predicted molar refractivity (Wildman–Crippen MR) is 118 cm³/mol. The van der Waals surface area contributed by atoms with E-state index < -0.39 is 17.5 Å². The first-order valence-electron chi connectivity index (χ1n) is 10.2. The molecule has 3 heterocycles. The van der Waals surface area contributed by atoms with Gasteiger partial charge in [-0.1, -0.05) is 0 Å². The number of fused-ring (bicyclic) bond motifs is 1. The number of nitrogens with one attached hydrogen (secondary N) is 1. The van der Waals surface area contributed by atoms with Crippen LogP contribution in [0, 0.1) is 0 Å². The third-order valence-corrected chi connectivity index (χ3v) is 7.13. The molecule has 4 rings (SSSR count). The van der Waals surface area contributed by atoms with Gasteiger partial charge in [0.05, 0.1) is 11.7 Å². The summed E-state index contributed by atoms with van der Waals surface area (Å²) in [6.45, 7) is 5.85. The molecule has 1 aliphatic carbocycles. The minimum absolute atomic E-state index is 0.145. The van der Waals surface area contributed by atoms with Crippen molar-refractivity contribution in [3.8, 4) is 0 Å². The number of carbonyl (C=O) groups is 1. The van der Waals surface area contributed by atoms with Crippen LogP contribution in [0.1, 0.15) is 51.5 Å². The van der Waals surface area contributed by atoms with Crippen molar-refractivity contribution in [1.29, 1.82) is 0 Å². The second kappa shape index (κ2) is 8.13. The second-order valence-corrected chi connectivity index (χ2v) is 10.9. The van der Waals surface area contributed by atoms with Gasteiger partial charge in [-0.3, -0.25) is 4.68 Å². The molecule has 166 valence electrons. The van der Waals surface area contributed by atoms with E-state index in [-0.39, 0.29) is 16.7 Å². The Balaban J connectivity index is 1.66. The summed E-state index contributed by atoms with van der Waals surface area (Å²) in [6.07, 6.45) is 6.49. The van der Waals surface area contributed by atoms with Crippen LogP contribution in [0.2, 0.25) is 0 Å². The van der Waals surface area contributed by atoms with Crippen molar-refractivity contribution >= 4 is 34.6 Å². The zero-order valence-corrected chi connectivity index (χ0v) is 18.8. The maximum absolute atomic E-state index is 12.5. The predicted octanol–water partition coefficient (Wildman–Crippen LogP) is 2.97. The Morgan fingerprint density at radius 3 is 2.81 bits per heavy atom. The molecular weight excluding hydrogens is 418 g/mol. The largest absolute Gasteiger partial charge is 0.598 e. The van der Waals surface area contributed by atoms with Crippen molar-refractivity contribution in [2.45, 2.75) is 56.7 Å². The number of hydrogen-bond acceptors (Lipinski definition) is 6. The van der Waals surface area contributed by atoms with Gasteiger partial charge in [-0.25, -0.2) is 19.2 Å². The van der Waals surface area contributed by atoms with Gasteiger partial charge in [-0.05, 0) is 57.6 Å². The Labute approximate surface area is 183 Å². The molecule has 0 spiro atoms. The molecule has 0 aliphatic heterocycles. The maximum atomic E-state index is 12.5. The number of aryl methyl sites for hydroxylation is 1. The van der Waals surface area contributed by atoms with Crippen LogP contribution in [-0.4, -0.2) is 50.9 Å². The molecule has 1 saturated carbocycles. The number of nitrogens with zero attached hydrogens (tertiary/aromatic N) is 6. The van der Waals surface area contributed by atoms with Gasteiger partial charge in [-0.2, -0.15) is 10.2 Å².